The van der Waals surface area contributed by atoms with Crippen LogP contribution in [0.5, 0.6) is 0 Å². The first-order valence-electron chi connectivity index (χ1n) is 12.7. The fraction of sp³-hybridized carbons (Fsp3) is 0.296. The zero-order valence-electron chi connectivity index (χ0n) is 20.9. The second kappa shape index (κ2) is 11.3. The lowest BCUT2D eigenvalue weighted by Gasteiger charge is -2.37. The maximum Gasteiger partial charge on any atom is 0.264 e. The van der Waals surface area contributed by atoms with Crippen LogP contribution in [0.15, 0.2) is 54.2 Å². The van der Waals surface area contributed by atoms with Crippen LogP contribution < -0.4 is 16.0 Å². The molecule has 5 heterocycles. The molecular weight excluding hydrogens is 553 g/mol. The summed E-state index contributed by atoms with van der Waals surface area (Å²) in [5, 5.41) is 13.4. The molecule has 6 rings (SSSR count). The highest BCUT2D eigenvalue weighted by Crippen LogP contribution is 2.36. The summed E-state index contributed by atoms with van der Waals surface area (Å²) >= 11 is 4.41. The number of hydrogen-bond acceptors (Lipinski definition) is 9. The number of nitrogens with zero attached hydrogens (tertiary/aromatic N) is 3. The molecule has 3 N–H and O–H groups in total. The van der Waals surface area contributed by atoms with Gasteiger partial charge in [-0.2, -0.15) is 0 Å². The second-order valence-electron chi connectivity index (χ2n) is 9.50. The highest BCUT2D eigenvalue weighted by Gasteiger charge is 2.35. The Bertz CT molecular complexity index is 1470. The molecule has 0 aliphatic carbocycles. The fourth-order valence-electron chi connectivity index (χ4n) is 4.60. The lowest BCUT2D eigenvalue weighted by atomic mass is 10.0. The quantitative estimate of drug-likeness (QED) is 0.285. The molecule has 4 aromatic rings. The van der Waals surface area contributed by atoms with E-state index < -0.39 is 0 Å². The first-order chi connectivity index (χ1) is 19.0. The Morgan fingerprint density at radius 3 is 2.62 bits per heavy atom. The monoisotopic (exact) mass is 578 g/mol. The minimum atomic E-state index is -0.149. The number of thiophene rings is 1. The Labute approximate surface area is 237 Å². The van der Waals surface area contributed by atoms with Crippen molar-refractivity contribution in [2.24, 2.45) is 0 Å². The fourth-order valence-corrected chi connectivity index (χ4v) is 7.10. The molecule has 0 unspecified atom stereocenters. The van der Waals surface area contributed by atoms with E-state index in [4.69, 9.17) is 0 Å². The number of nitrogens with one attached hydrogen (secondary N) is 3. The van der Waals surface area contributed by atoms with E-state index in [1.165, 1.54) is 22.7 Å². The van der Waals surface area contributed by atoms with Crippen molar-refractivity contribution in [3.8, 4) is 10.4 Å². The molecule has 2 aliphatic heterocycles. The molecular formula is C27H26N6O3S3. The van der Waals surface area contributed by atoms with Crippen molar-refractivity contribution >= 4 is 62.4 Å². The minimum Gasteiger partial charge on any atom is -0.336 e. The summed E-state index contributed by atoms with van der Waals surface area (Å²) in [5.41, 5.74) is 1.77. The normalized spacial score (nSPS) is 17.1. The molecule has 200 valence electrons. The number of hydrogen-bond donors (Lipinski definition) is 3. The number of aromatic nitrogens is 2. The minimum absolute atomic E-state index is 0.0139. The Hall–Kier alpha value is -3.45. The van der Waals surface area contributed by atoms with Crippen LogP contribution in [0.4, 0.5) is 10.7 Å². The van der Waals surface area contributed by atoms with Crippen LogP contribution in [0.25, 0.3) is 10.4 Å². The van der Waals surface area contributed by atoms with Crippen LogP contribution in [0.2, 0.25) is 0 Å². The van der Waals surface area contributed by atoms with Crippen molar-refractivity contribution in [1.82, 2.24) is 20.2 Å². The molecule has 2 fully saturated rings. The summed E-state index contributed by atoms with van der Waals surface area (Å²) in [6, 6.07) is 11.2. The second-order valence-corrected chi connectivity index (χ2v) is 12.6. The van der Waals surface area contributed by atoms with Crippen LogP contribution in [-0.4, -0.2) is 58.3 Å². The van der Waals surface area contributed by atoms with Crippen LogP contribution in [0.1, 0.15) is 38.4 Å². The number of likely N-dealkylation sites (tertiary alicyclic amines) is 1. The molecule has 3 aromatic heterocycles. The van der Waals surface area contributed by atoms with E-state index in [0.717, 1.165) is 45.5 Å². The van der Waals surface area contributed by atoms with E-state index in [2.05, 4.69) is 25.9 Å². The van der Waals surface area contributed by atoms with Gasteiger partial charge in [0.15, 0.2) is 0 Å². The average Bonchev–Trinajstić information content (AvgIpc) is 3.72. The number of rotatable bonds is 8. The van der Waals surface area contributed by atoms with Gasteiger partial charge in [-0.1, -0.05) is 12.1 Å². The number of carbonyl (C=O) groups excluding carboxylic acids is 3. The van der Waals surface area contributed by atoms with Crippen LogP contribution in [-0.2, 0) is 16.0 Å². The number of anilines is 2. The van der Waals surface area contributed by atoms with E-state index in [-0.39, 0.29) is 36.1 Å². The third kappa shape index (κ3) is 5.93. The molecule has 0 radical (unpaired) electrons. The van der Waals surface area contributed by atoms with Crippen molar-refractivity contribution in [1.29, 1.82) is 0 Å². The maximum atomic E-state index is 12.9. The smallest absolute Gasteiger partial charge is 0.264 e. The van der Waals surface area contributed by atoms with E-state index in [0.29, 0.717) is 23.0 Å². The van der Waals surface area contributed by atoms with Gasteiger partial charge in [-0.3, -0.25) is 14.4 Å². The third-order valence-corrected chi connectivity index (χ3v) is 9.71. The molecule has 2 saturated heterocycles. The van der Waals surface area contributed by atoms with Crippen molar-refractivity contribution in [2.75, 3.05) is 30.3 Å². The third-order valence-electron chi connectivity index (χ3n) is 6.73. The number of carbonyl (C=O) groups is 3. The predicted octanol–water partition coefficient (Wildman–Crippen LogP) is 4.44. The first-order valence-corrected chi connectivity index (χ1v) is 15.2. The first kappa shape index (κ1) is 25.8. The summed E-state index contributed by atoms with van der Waals surface area (Å²) in [5.74, 6) is 0.0690. The largest absolute Gasteiger partial charge is 0.336 e. The van der Waals surface area contributed by atoms with Crippen molar-refractivity contribution < 1.29 is 14.4 Å². The van der Waals surface area contributed by atoms with Gasteiger partial charge in [0.1, 0.15) is 5.01 Å². The van der Waals surface area contributed by atoms with Gasteiger partial charge in [-0.05, 0) is 49.2 Å². The summed E-state index contributed by atoms with van der Waals surface area (Å²) in [6.45, 7) is 2.12. The van der Waals surface area contributed by atoms with Crippen molar-refractivity contribution in [3.63, 3.8) is 0 Å². The zero-order valence-corrected chi connectivity index (χ0v) is 23.3. The highest BCUT2D eigenvalue weighted by atomic mass is 32.1. The van der Waals surface area contributed by atoms with Gasteiger partial charge < -0.3 is 20.9 Å². The molecule has 3 amide bonds. The van der Waals surface area contributed by atoms with Gasteiger partial charge in [-0.15, -0.1) is 34.0 Å². The Morgan fingerprint density at radius 1 is 1.03 bits per heavy atom. The number of benzene rings is 1. The van der Waals surface area contributed by atoms with E-state index >= 15 is 0 Å². The highest BCUT2D eigenvalue weighted by molar-refractivity contribution is 7.18. The molecule has 0 spiro atoms. The molecule has 0 bridgehead atoms. The van der Waals surface area contributed by atoms with Gasteiger partial charge in [0.25, 0.3) is 5.91 Å². The van der Waals surface area contributed by atoms with E-state index in [1.807, 2.05) is 40.7 Å². The van der Waals surface area contributed by atoms with Crippen LogP contribution in [0, 0.1) is 0 Å². The summed E-state index contributed by atoms with van der Waals surface area (Å²) in [4.78, 5) is 49.7. The van der Waals surface area contributed by atoms with Gasteiger partial charge in [0.05, 0.1) is 32.2 Å². The lowest BCUT2D eigenvalue weighted by molar-refractivity contribution is -0.118. The van der Waals surface area contributed by atoms with Gasteiger partial charge in [0, 0.05) is 42.5 Å². The lowest BCUT2D eigenvalue weighted by Crippen LogP contribution is -2.48. The maximum absolute atomic E-state index is 12.9. The summed E-state index contributed by atoms with van der Waals surface area (Å²) in [7, 11) is 0. The van der Waals surface area contributed by atoms with Crippen molar-refractivity contribution in [3.05, 3.63) is 69.1 Å². The average molecular weight is 579 g/mol. The van der Waals surface area contributed by atoms with Crippen LogP contribution in [0.3, 0.4) is 0 Å². The zero-order chi connectivity index (χ0) is 26.8. The Kier molecular flexibility index (Phi) is 7.51. The van der Waals surface area contributed by atoms with Gasteiger partial charge >= 0.3 is 0 Å². The summed E-state index contributed by atoms with van der Waals surface area (Å²) in [6.07, 6.45) is 5.68. The Balaban J connectivity index is 0.999. The van der Waals surface area contributed by atoms with E-state index in [9.17, 15) is 14.4 Å². The van der Waals surface area contributed by atoms with Crippen LogP contribution >= 0.6 is 34.0 Å². The van der Waals surface area contributed by atoms with Gasteiger partial charge in [0.2, 0.25) is 11.8 Å². The predicted molar refractivity (Wildman–Crippen MR) is 155 cm³/mol. The Morgan fingerprint density at radius 2 is 1.87 bits per heavy atom. The molecule has 0 saturated carbocycles. The molecule has 9 nitrogen and oxygen atoms in total. The molecule has 1 aromatic carbocycles. The molecule has 39 heavy (non-hydrogen) atoms. The number of thiazole rings is 2. The number of amides is 3. The SMILES string of the molecule is O=C(Cc1nccs1)Nc1ccc(-c2cnc(C3CN(C(=O)c4ccc(NC(=O)[C@@H]5CCCN5)s4)C3)s2)cc1. The molecule has 2 aliphatic rings. The van der Waals surface area contributed by atoms with Crippen molar-refractivity contribution in [2.45, 2.75) is 31.2 Å². The summed E-state index contributed by atoms with van der Waals surface area (Å²) < 4.78 is 0. The van der Waals surface area contributed by atoms with Gasteiger partial charge in [-0.25, -0.2) is 9.97 Å². The molecule has 12 heteroatoms. The molecule has 1 atom stereocenters. The topological polar surface area (TPSA) is 116 Å². The van der Waals surface area contributed by atoms with E-state index in [1.54, 1.807) is 29.7 Å². The standard InChI is InChI=1S/C27H26N6O3S3/c34-22(12-24-29-10-11-37-24)31-18-5-3-16(4-6-18)21-13-30-26(39-21)17-14-33(15-17)27(36)20-7-8-23(38-20)32-25(35)19-2-1-9-28-19/h3-8,10-11,13,17,19,28H,1-2,9,12,14-15H2,(H,31,34)(H,32,35)/t19-/m0/s1.